The van der Waals surface area contributed by atoms with E-state index in [-0.39, 0.29) is 12.1 Å². The third kappa shape index (κ3) is 15.6. The zero-order chi connectivity index (χ0) is 16.1. The van der Waals surface area contributed by atoms with Crippen molar-refractivity contribution in [3.05, 3.63) is 12.2 Å². The number of amides is 1. The molecule has 21 heavy (non-hydrogen) atoms. The van der Waals surface area contributed by atoms with Gasteiger partial charge in [-0.25, -0.2) is 0 Å². The molecular weight excluding hydrogens is 289 g/mol. The second-order valence-corrected chi connectivity index (χ2v) is 7.38. The molecule has 1 amide bonds. The fourth-order valence-corrected chi connectivity index (χ4v) is 2.67. The van der Waals surface area contributed by atoms with E-state index in [0.29, 0.717) is 18.5 Å². The molecule has 3 N–H and O–H groups in total. The van der Waals surface area contributed by atoms with E-state index < -0.39 is 7.60 Å². The van der Waals surface area contributed by atoms with Crippen molar-refractivity contribution < 1.29 is 19.1 Å². The Morgan fingerprint density at radius 3 is 1.81 bits per heavy atom. The predicted molar refractivity (Wildman–Crippen MR) is 86.3 cm³/mol. The Bertz CT molecular complexity index is 352. The van der Waals surface area contributed by atoms with Crippen molar-refractivity contribution in [2.24, 2.45) is 0 Å². The first-order chi connectivity index (χ1) is 9.83. The first-order valence-electron chi connectivity index (χ1n) is 7.81. The molecule has 0 unspecified atom stereocenters. The number of hydrogen-bond donors (Lipinski definition) is 3. The molecule has 0 atom stereocenters. The number of nitrogens with one attached hydrogen (secondary N) is 1. The molecule has 0 aliphatic heterocycles. The Labute approximate surface area is 128 Å². The van der Waals surface area contributed by atoms with Gasteiger partial charge in [0.25, 0.3) is 0 Å². The van der Waals surface area contributed by atoms with Crippen molar-refractivity contribution in [3.8, 4) is 0 Å². The maximum atomic E-state index is 11.2. The van der Waals surface area contributed by atoms with Crippen LogP contribution < -0.4 is 5.32 Å². The molecule has 0 saturated carbocycles. The summed E-state index contributed by atoms with van der Waals surface area (Å²) in [4.78, 5) is 28.6. The predicted octanol–water partition coefficient (Wildman–Crippen LogP) is 3.37. The van der Waals surface area contributed by atoms with Crippen LogP contribution >= 0.6 is 7.60 Å². The number of unbranched alkanes of at least 4 members (excludes halogenated alkanes) is 8. The van der Waals surface area contributed by atoms with Gasteiger partial charge < -0.3 is 15.1 Å². The summed E-state index contributed by atoms with van der Waals surface area (Å²) in [5.41, 5.74) is 0.550. The summed E-state index contributed by atoms with van der Waals surface area (Å²) in [6.45, 7) is 6.00. The first kappa shape index (κ1) is 20.4. The van der Waals surface area contributed by atoms with E-state index in [2.05, 4.69) is 11.9 Å². The van der Waals surface area contributed by atoms with Crippen LogP contribution in [-0.2, 0) is 9.36 Å². The third-order valence-corrected chi connectivity index (χ3v) is 4.20. The van der Waals surface area contributed by atoms with Crippen LogP contribution in [0.1, 0.15) is 64.7 Å². The largest absolute Gasteiger partial charge is 0.352 e. The zero-order valence-electron chi connectivity index (χ0n) is 13.1. The van der Waals surface area contributed by atoms with Crippen molar-refractivity contribution in [1.82, 2.24) is 5.32 Å². The van der Waals surface area contributed by atoms with Gasteiger partial charge in [-0.1, -0.05) is 51.5 Å². The Balaban J connectivity index is 3.18. The lowest BCUT2D eigenvalue weighted by Crippen LogP contribution is -2.24. The average molecular weight is 319 g/mol. The molecule has 6 heteroatoms. The summed E-state index contributed by atoms with van der Waals surface area (Å²) in [6.07, 6.45) is 9.37. The van der Waals surface area contributed by atoms with Crippen molar-refractivity contribution >= 4 is 13.5 Å². The number of carbonyl (C=O) groups is 1. The Kier molecular flexibility index (Phi) is 11.6. The molecule has 0 heterocycles. The van der Waals surface area contributed by atoms with E-state index in [1.54, 1.807) is 6.92 Å². The standard InChI is InChI=1S/C15H30NO4P/c1-14(2)15(17)16-12-10-8-6-4-3-5-7-9-11-13-21(18,19)20/h1,3-13H2,2H3,(H,16,17)(H2,18,19,20). The van der Waals surface area contributed by atoms with Crippen LogP contribution in [0.5, 0.6) is 0 Å². The third-order valence-electron chi connectivity index (χ3n) is 3.30. The molecule has 0 aromatic heterocycles. The number of carbonyl (C=O) groups excluding carboxylic acids is 1. The van der Waals surface area contributed by atoms with Crippen molar-refractivity contribution in [2.45, 2.75) is 64.7 Å². The first-order valence-corrected chi connectivity index (χ1v) is 9.61. The van der Waals surface area contributed by atoms with E-state index in [0.717, 1.165) is 32.1 Å². The van der Waals surface area contributed by atoms with E-state index in [9.17, 15) is 9.36 Å². The topological polar surface area (TPSA) is 86.6 Å². The molecular formula is C15H30NO4P. The normalized spacial score (nSPS) is 11.4. The summed E-state index contributed by atoms with van der Waals surface area (Å²) < 4.78 is 10.6. The molecule has 124 valence electrons. The van der Waals surface area contributed by atoms with Crippen molar-refractivity contribution in [1.29, 1.82) is 0 Å². The van der Waals surface area contributed by atoms with Crippen LogP contribution in [0, 0.1) is 0 Å². The molecule has 0 bridgehead atoms. The van der Waals surface area contributed by atoms with E-state index in [1.807, 2.05) is 0 Å². The highest BCUT2D eigenvalue weighted by molar-refractivity contribution is 7.51. The van der Waals surface area contributed by atoms with Gasteiger partial charge in [-0.2, -0.15) is 0 Å². The second kappa shape index (κ2) is 12.0. The van der Waals surface area contributed by atoms with Crippen LogP contribution in [0.4, 0.5) is 0 Å². The van der Waals surface area contributed by atoms with Crippen LogP contribution in [0.2, 0.25) is 0 Å². The van der Waals surface area contributed by atoms with Gasteiger partial charge in [-0.05, 0) is 19.8 Å². The molecule has 5 nitrogen and oxygen atoms in total. The van der Waals surface area contributed by atoms with Gasteiger partial charge in [0.05, 0.1) is 0 Å². The fourth-order valence-electron chi connectivity index (χ4n) is 2.03. The monoisotopic (exact) mass is 319 g/mol. The highest BCUT2D eigenvalue weighted by atomic mass is 31.2. The molecule has 0 saturated heterocycles. The van der Waals surface area contributed by atoms with Gasteiger partial charge >= 0.3 is 7.60 Å². The number of hydrogen-bond acceptors (Lipinski definition) is 2. The Hall–Kier alpha value is -0.640. The van der Waals surface area contributed by atoms with Gasteiger partial charge in [0, 0.05) is 18.3 Å². The van der Waals surface area contributed by atoms with Gasteiger partial charge in [-0.15, -0.1) is 0 Å². The van der Waals surface area contributed by atoms with Gasteiger partial charge in [0.2, 0.25) is 5.91 Å². The lowest BCUT2D eigenvalue weighted by atomic mass is 10.1. The molecule has 0 aliphatic carbocycles. The number of rotatable bonds is 13. The highest BCUT2D eigenvalue weighted by Crippen LogP contribution is 2.35. The van der Waals surface area contributed by atoms with E-state index in [4.69, 9.17) is 9.79 Å². The smallest absolute Gasteiger partial charge is 0.325 e. The van der Waals surface area contributed by atoms with Gasteiger partial charge in [0.15, 0.2) is 0 Å². The highest BCUT2D eigenvalue weighted by Gasteiger charge is 2.10. The molecule has 0 fully saturated rings. The minimum atomic E-state index is -3.79. The average Bonchev–Trinajstić information content (AvgIpc) is 2.38. The molecule has 0 rings (SSSR count). The molecule has 0 aromatic rings. The molecule has 0 spiro atoms. The summed E-state index contributed by atoms with van der Waals surface area (Å²) in [5.74, 6) is -0.0645. The minimum absolute atomic E-state index is 0.0168. The summed E-state index contributed by atoms with van der Waals surface area (Å²) in [5, 5.41) is 2.82. The molecule has 0 aliphatic rings. The fraction of sp³-hybridized carbons (Fsp3) is 0.800. The second-order valence-electron chi connectivity index (χ2n) is 5.61. The Morgan fingerprint density at radius 1 is 0.952 bits per heavy atom. The lowest BCUT2D eigenvalue weighted by Gasteiger charge is -2.05. The Morgan fingerprint density at radius 2 is 1.38 bits per heavy atom. The SMILES string of the molecule is C=C(C)C(=O)NCCCCCCCCCCCP(=O)(O)O. The van der Waals surface area contributed by atoms with Gasteiger partial charge in [0.1, 0.15) is 0 Å². The van der Waals surface area contributed by atoms with Crippen LogP contribution in [0.3, 0.4) is 0 Å². The summed E-state index contributed by atoms with van der Waals surface area (Å²) >= 11 is 0. The summed E-state index contributed by atoms with van der Waals surface area (Å²) in [6, 6.07) is 0. The molecule has 0 aromatic carbocycles. The van der Waals surface area contributed by atoms with Gasteiger partial charge in [-0.3, -0.25) is 9.36 Å². The van der Waals surface area contributed by atoms with E-state index >= 15 is 0 Å². The van der Waals surface area contributed by atoms with Crippen LogP contribution in [-0.4, -0.2) is 28.4 Å². The lowest BCUT2D eigenvalue weighted by molar-refractivity contribution is -0.117. The minimum Gasteiger partial charge on any atom is -0.352 e. The van der Waals surface area contributed by atoms with E-state index in [1.165, 1.54) is 19.3 Å². The quantitative estimate of drug-likeness (QED) is 0.276. The maximum absolute atomic E-state index is 11.2. The zero-order valence-corrected chi connectivity index (χ0v) is 14.0. The maximum Gasteiger partial charge on any atom is 0.325 e. The van der Waals surface area contributed by atoms with Crippen LogP contribution in [0.15, 0.2) is 12.2 Å². The van der Waals surface area contributed by atoms with Crippen molar-refractivity contribution in [3.63, 3.8) is 0 Å². The molecule has 0 radical (unpaired) electrons. The van der Waals surface area contributed by atoms with Crippen LogP contribution in [0.25, 0.3) is 0 Å². The summed E-state index contributed by atoms with van der Waals surface area (Å²) in [7, 11) is -3.79. The van der Waals surface area contributed by atoms with Crippen molar-refractivity contribution in [2.75, 3.05) is 12.7 Å².